The summed E-state index contributed by atoms with van der Waals surface area (Å²) in [6.07, 6.45) is -0.477. The average molecular weight is 340 g/mol. The number of rotatable bonds is 2. The fraction of sp³-hybridized carbons (Fsp3) is 0.350. The Morgan fingerprint density at radius 3 is 2.56 bits per heavy atom. The van der Waals surface area contributed by atoms with Crippen molar-refractivity contribution in [2.24, 2.45) is 5.41 Å². The highest BCUT2D eigenvalue weighted by Gasteiger charge is 2.30. The Labute approximate surface area is 145 Å². The van der Waals surface area contributed by atoms with E-state index < -0.39 is 6.29 Å². The van der Waals surface area contributed by atoms with Crippen LogP contribution in [0.4, 0.5) is 0 Å². The monoisotopic (exact) mass is 340 g/mol. The first kappa shape index (κ1) is 16.1. The Balaban J connectivity index is 1.94. The molecule has 0 bridgehead atoms. The Morgan fingerprint density at radius 1 is 1.08 bits per heavy atom. The highest BCUT2D eigenvalue weighted by molar-refractivity contribution is 6.06. The van der Waals surface area contributed by atoms with E-state index in [-0.39, 0.29) is 11.0 Å². The van der Waals surface area contributed by atoms with Gasteiger partial charge in [0.1, 0.15) is 11.3 Å². The second-order valence-corrected chi connectivity index (χ2v) is 7.14. The number of hydrogen-bond acceptors (Lipinski definition) is 5. The third-order valence-corrected chi connectivity index (χ3v) is 4.48. The molecule has 1 aliphatic rings. The van der Waals surface area contributed by atoms with E-state index in [1.807, 2.05) is 24.3 Å². The van der Waals surface area contributed by atoms with Gasteiger partial charge in [-0.3, -0.25) is 0 Å². The molecule has 2 heterocycles. The van der Waals surface area contributed by atoms with Gasteiger partial charge in [-0.05, 0) is 24.3 Å². The predicted molar refractivity (Wildman–Crippen MR) is 95.0 cm³/mol. The molecule has 25 heavy (non-hydrogen) atoms. The topological polar surface area (TPSA) is 57.9 Å². The van der Waals surface area contributed by atoms with Gasteiger partial charge in [-0.1, -0.05) is 26.0 Å². The van der Waals surface area contributed by atoms with Gasteiger partial charge in [0.15, 0.2) is 6.29 Å². The molecule has 0 unspecified atom stereocenters. The molecule has 0 radical (unpaired) electrons. The summed E-state index contributed by atoms with van der Waals surface area (Å²) < 4.78 is 22.6. The second-order valence-electron chi connectivity index (χ2n) is 7.14. The summed E-state index contributed by atoms with van der Waals surface area (Å²) in [5, 5.41) is 2.12. The van der Waals surface area contributed by atoms with Gasteiger partial charge >= 0.3 is 5.63 Å². The zero-order valence-corrected chi connectivity index (χ0v) is 14.5. The summed E-state index contributed by atoms with van der Waals surface area (Å²) in [6, 6.07) is 11.0. The van der Waals surface area contributed by atoms with Crippen LogP contribution in [0.3, 0.4) is 0 Å². The fourth-order valence-electron chi connectivity index (χ4n) is 3.18. The molecule has 1 aliphatic heterocycles. The third kappa shape index (κ3) is 2.79. The maximum absolute atomic E-state index is 12.3. The van der Waals surface area contributed by atoms with Crippen LogP contribution < -0.4 is 10.4 Å². The molecule has 5 heteroatoms. The van der Waals surface area contributed by atoms with Crippen molar-refractivity contribution in [3.63, 3.8) is 0 Å². The molecule has 3 aromatic rings. The molecule has 0 amide bonds. The Hall–Kier alpha value is -2.37. The summed E-state index contributed by atoms with van der Waals surface area (Å²) in [4.78, 5) is 12.3. The van der Waals surface area contributed by atoms with E-state index in [9.17, 15) is 4.79 Å². The average Bonchev–Trinajstić information content (AvgIpc) is 2.61. The van der Waals surface area contributed by atoms with Crippen molar-refractivity contribution in [1.82, 2.24) is 0 Å². The van der Waals surface area contributed by atoms with Crippen molar-refractivity contribution in [1.29, 1.82) is 0 Å². The molecular weight excluding hydrogens is 320 g/mol. The van der Waals surface area contributed by atoms with E-state index >= 15 is 0 Å². The normalized spacial score (nSPS) is 17.9. The molecule has 5 nitrogen and oxygen atoms in total. The molecule has 130 valence electrons. The number of ether oxygens (including phenoxy) is 3. The van der Waals surface area contributed by atoms with Crippen LogP contribution in [0, 0.1) is 5.41 Å². The van der Waals surface area contributed by atoms with Crippen molar-refractivity contribution in [2.75, 3.05) is 20.3 Å². The minimum absolute atomic E-state index is 0.0108. The van der Waals surface area contributed by atoms with Crippen LogP contribution in [0.25, 0.3) is 21.7 Å². The first-order valence-corrected chi connectivity index (χ1v) is 8.25. The zero-order chi connectivity index (χ0) is 17.6. The summed E-state index contributed by atoms with van der Waals surface area (Å²) in [5.74, 6) is 0.614. The lowest BCUT2D eigenvalue weighted by Crippen LogP contribution is -2.33. The number of fused-ring (bicyclic) bond motifs is 3. The fourth-order valence-corrected chi connectivity index (χ4v) is 3.18. The largest absolute Gasteiger partial charge is 0.497 e. The van der Waals surface area contributed by atoms with E-state index in [0.29, 0.717) is 29.9 Å². The first-order valence-electron chi connectivity index (χ1n) is 8.25. The molecule has 0 atom stereocenters. The second kappa shape index (κ2) is 5.86. The van der Waals surface area contributed by atoms with Gasteiger partial charge in [0, 0.05) is 21.8 Å². The maximum atomic E-state index is 12.3. The summed E-state index contributed by atoms with van der Waals surface area (Å²) in [5.41, 5.74) is 0.998. The lowest BCUT2D eigenvalue weighted by molar-refractivity contribution is -0.225. The predicted octanol–water partition coefficient (Wildman–Crippen LogP) is 4.03. The zero-order valence-electron chi connectivity index (χ0n) is 14.5. The highest BCUT2D eigenvalue weighted by Crippen LogP contribution is 2.37. The molecule has 1 fully saturated rings. The van der Waals surface area contributed by atoms with Crippen LogP contribution in [0.5, 0.6) is 5.75 Å². The molecule has 2 aromatic carbocycles. The SMILES string of the molecule is COc1ccc2c(c1)c(=O)oc1cccc(C3OCC(C)(C)CO3)c12. The van der Waals surface area contributed by atoms with E-state index in [4.69, 9.17) is 18.6 Å². The van der Waals surface area contributed by atoms with E-state index in [2.05, 4.69) is 13.8 Å². The standard InChI is InChI=1S/C20H20O5/c1-20(2)10-23-19(24-11-20)14-5-4-6-16-17(14)13-8-7-12(22-3)9-15(13)18(21)25-16/h4-9,19H,10-11H2,1-3H3. The summed E-state index contributed by atoms with van der Waals surface area (Å²) >= 11 is 0. The highest BCUT2D eigenvalue weighted by atomic mass is 16.7. The minimum atomic E-state index is -0.477. The van der Waals surface area contributed by atoms with Crippen molar-refractivity contribution < 1.29 is 18.6 Å². The molecule has 0 aliphatic carbocycles. The maximum Gasteiger partial charge on any atom is 0.344 e. The Kier molecular flexibility index (Phi) is 3.78. The van der Waals surface area contributed by atoms with Crippen LogP contribution in [0.1, 0.15) is 25.7 Å². The van der Waals surface area contributed by atoms with Crippen molar-refractivity contribution >= 4 is 21.7 Å². The van der Waals surface area contributed by atoms with Crippen LogP contribution in [0.15, 0.2) is 45.6 Å². The molecule has 0 N–H and O–H groups in total. The molecule has 4 rings (SSSR count). The molecule has 0 spiro atoms. The van der Waals surface area contributed by atoms with Crippen molar-refractivity contribution in [2.45, 2.75) is 20.1 Å². The first-order chi connectivity index (χ1) is 12.0. The van der Waals surface area contributed by atoms with Gasteiger partial charge in [-0.15, -0.1) is 0 Å². The smallest absolute Gasteiger partial charge is 0.344 e. The lowest BCUT2D eigenvalue weighted by atomic mass is 9.95. The number of benzene rings is 2. The van der Waals surface area contributed by atoms with Crippen molar-refractivity contribution in [3.05, 3.63) is 52.4 Å². The molecule has 1 saturated heterocycles. The molecule has 1 aromatic heterocycles. The van der Waals surface area contributed by atoms with E-state index in [1.54, 1.807) is 19.2 Å². The van der Waals surface area contributed by atoms with Gasteiger partial charge in [-0.25, -0.2) is 4.79 Å². The van der Waals surface area contributed by atoms with Crippen LogP contribution in [0.2, 0.25) is 0 Å². The molecule has 0 saturated carbocycles. The Morgan fingerprint density at radius 2 is 1.84 bits per heavy atom. The van der Waals surface area contributed by atoms with Gasteiger partial charge < -0.3 is 18.6 Å². The van der Waals surface area contributed by atoms with Crippen molar-refractivity contribution in [3.8, 4) is 5.75 Å². The number of hydrogen-bond donors (Lipinski definition) is 0. The third-order valence-electron chi connectivity index (χ3n) is 4.48. The summed E-state index contributed by atoms with van der Waals surface area (Å²) in [7, 11) is 1.57. The van der Waals surface area contributed by atoms with Gasteiger partial charge in [-0.2, -0.15) is 0 Å². The van der Waals surface area contributed by atoms with Crippen LogP contribution >= 0.6 is 0 Å². The van der Waals surface area contributed by atoms with Gasteiger partial charge in [0.05, 0.1) is 25.7 Å². The minimum Gasteiger partial charge on any atom is -0.497 e. The van der Waals surface area contributed by atoms with Gasteiger partial charge in [0.2, 0.25) is 0 Å². The van der Waals surface area contributed by atoms with Crippen LogP contribution in [-0.4, -0.2) is 20.3 Å². The van der Waals surface area contributed by atoms with E-state index in [0.717, 1.165) is 16.3 Å². The summed E-state index contributed by atoms with van der Waals surface area (Å²) in [6.45, 7) is 5.42. The quantitative estimate of drug-likeness (QED) is 0.521. The van der Waals surface area contributed by atoms with Gasteiger partial charge in [0.25, 0.3) is 0 Å². The Bertz CT molecular complexity index is 992. The number of methoxy groups -OCH3 is 1. The lowest BCUT2D eigenvalue weighted by Gasteiger charge is -2.35. The molecular formula is C20H20O5. The van der Waals surface area contributed by atoms with Crippen LogP contribution in [-0.2, 0) is 9.47 Å². The van der Waals surface area contributed by atoms with E-state index in [1.165, 1.54) is 0 Å².